The Morgan fingerprint density at radius 1 is 0.932 bits per heavy atom. The van der Waals surface area contributed by atoms with Crippen molar-refractivity contribution >= 4 is 44.6 Å². The molecule has 2 aliphatic rings. The molecule has 2 aromatic carbocycles. The molecule has 1 aliphatic heterocycles. The van der Waals surface area contributed by atoms with Crippen molar-refractivity contribution in [3.8, 4) is 0 Å². The van der Waals surface area contributed by atoms with Crippen LogP contribution in [0.5, 0.6) is 0 Å². The van der Waals surface area contributed by atoms with Crippen molar-refractivity contribution in [2.45, 2.75) is 70.0 Å². The number of hydrogen-bond acceptors (Lipinski definition) is 6. The molecule has 2 N–H and O–H groups in total. The molecule has 2 fully saturated rings. The number of carbonyl (C=O) groups excluding carboxylic acids is 2. The van der Waals surface area contributed by atoms with Crippen LogP contribution in [0.4, 0.5) is 0 Å². The van der Waals surface area contributed by atoms with E-state index in [4.69, 9.17) is 0 Å². The van der Waals surface area contributed by atoms with E-state index in [2.05, 4.69) is 86.6 Å². The van der Waals surface area contributed by atoms with E-state index in [1.54, 1.807) is 11.3 Å². The van der Waals surface area contributed by atoms with Crippen molar-refractivity contribution in [2.75, 3.05) is 32.7 Å². The van der Waals surface area contributed by atoms with Crippen molar-refractivity contribution in [3.63, 3.8) is 0 Å². The molecule has 1 saturated carbocycles. The Morgan fingerprint density at radius 3 is 2.45 bits per heavy atom. The van der Waals surface area contributed by atoms with Gasteiger partial charge < -0.3 is 15.5 Å². The lowest BCUT2D eigenvalue weighted by atomic mass is 9.94. The number of fused-ring (bicyclic) bond motifs is 1. The number of thiophene rings is 2. The number of nitrogens with zero attached hydrogens (tertiary/aromatic N) is 2. The zero-order chi connectivity index (χ0) is 30.4. The van der Waals surface area contributed by atoms with Gasteiger partial charge in [0, 0.05) is 43.5 Å². The fraction of sp³-hybridized carbons (Fsp3) is 0.444. The van der Waals surface area contributed by atoms with E-state index >= 15 is 0 Å². The largest absolute Gasteiger partial charge is 0.351 e. The maximum atomic E-state index is 14.0. The highest BCUT2D eigenvalue weighted by atomic mass is 32.1. The van der Waals surface area contributed by atoms with Gasteiger partial charge in [0.25, 0.3) is 5.91 Å². The molecule has 6 rings (SSSR count). The molecule has 44 heavy (non-hydrogen) atoms. The third-order valence-corrected chi connectivity index (χ3v) is 11.1. The number of nitrogens with one attached hydrogen (secondary N) is 2. The van der Waals surface area contributed by atoms with Gasteiger partial charge in [0.1, 0.15) is 5.54 Å². The number of piperazine rings is 1. The number of benzene rings is 2. The summed E-state index contributed by atoms with van der Waals surface area (Å²) in [6.07, 6.45) is 5.99. The second-order valence-corrected chi connectivity index (χ2v) is 14.5. The third kappa shape index (κ3) is 7.78. The normalized spacial score (nSPS) is 17.9. The van der Waals surface area contributed by atoms with Crippen LogP contribution in [0.3, 0.4) is 0 Å². The van der Waals surface area contributed by atoms with E-state index in [0.29, 0.717) is 17.7 Å². The van der Waals surface area contributed by atoms with Crippen LogP contribution < -0.4 is 10.6 Å². The zero-order valence-electron chi connectivity index (χ0n) is 25.7. The standard InChI is InChI=1S/C36H44N4O2S2/c1-27-11-12-30-24-33(44-32(30)22-27)34(41)38-36(14-5-6-15-36)35(42)37-31(23-28-8-3-2-4-9-28)10-7-16-39-17-19-40(20-18-39)25-29-13-21-43-26-29/h2-4,8-9,11-13,21-22,24,26,31H,5-7,10,14-20,23,25H2,1H3,(H,37,42)(H,38,41)/t31-/m0/s1. The summed E-state index contributed by atoms with van der Waals surface area (Å²) in [5.41, 5.74) is 2.97. The lowest BCUT2D eigenvalue weighted by molar-refractivity contribution is -0.128. The summed E-state index contributed by atoms with van der Waals surface area (Å²) < 4.78 is 1.10. The van der Waals surface area contributed by atoms with Gasteiger partial charge >= 0.3 is 0 Å². The molecule has 0 spiro atoms. The lowest BCUT2D eigenvalue weighted by Crippen LogP contribution is -2.59. The molecule has 2 aromatic heterocycles. The Labute approximate surface area is 269 Å². The van der Waals surface area contributed by atoms with E-state index in [9.17, 15) is 9.59 Å². The third-order valence-electron chi connectivity index (χ3n) is 9.28. The SMILES string of the molecule is Cc1ccc2cc(C(=O)NC3(C(=O)N[C@@H](CCCN4CCN(Cc5ccsc5)CC4)Cc4ccccc4)CCCC3)sc2c1. The quantitative estimate of drug-likeness (QED) is 0.185. The molecule has 0 radical (unpaired) electrons. The number of hydrogen-bond donors (Lipinski definition) is 2. The molecule has 0 bridgehead atoms. The van der Waals surface area contributed by atoms with Gasteiger partial charge in [0.05, 0.1) is 4.88 Å². The van der Waals surface area contributed by atoms with Crippen molar-refractivity contribution < 1.29 is 9.59 Å². The highest BCUT2D eigenvalue weighted by Crippen LogP contribution is 2.32. The van der Waals surface area contributed by atoms with Crippen LogP contribution in [-0.4, -0.2) is 65.9 Å². The van der Waals surface area contributed by atoms with Crippen molar-refractivity contribution in [3.05, 3.63) is 93.0 Å². The van der Waals surface area contributed by atoms with Crippen LogP contribution in [-0.2, 0) is 17.8 Å². The van der Waals surface area contributed by atoms with Gasteiger partial charge in [-0.05, 0) is 96.6 Å². The molecule has 232 valence electrons. The summed E-state index contributed by atoms with van der Waals surface area (Å²) in [5, 5.41) is 12.1. The lowest BCUT2D eigenvalue weighted by Gasteiger charge is -2.35. The van der Waals surface area contributed by atoms with E-state index in [1.165, 1.54) is 28.0 Å². The highest BCUT2D eigenvalue weighted by molar-refractivity contribution is 7.20. The zero-order valence-corrected chi connectivity index (χ0v) is 27.4. The van der Waals surface area contributed by atoms with Gasteiger partial charge in [-0.25, -0.2) is 0 Å². The first-order chi connectivity index (χ1) is 21.5. The monoisotopic (exact) mass is 628 g/mol. The summed E-state index contributed by atoms with van der Waals surface area (Å²) in [6, 6.07) is 20.9. The fourth-order valence-electron chi connectivity index (χ4n) is 6.74. The van der Waals surface area contributed by atoms with Crippen LogP contribution in [0.25, 0.3) is 10.1 Å². The summed E-state index contributed by atoms with van der Waals surface area (Å²) in [4.78, 5) is 33.3. The van der Waals surface area contributed by atoms with Gasteiger partial charge in [-0.2, -0.15) is 11.3 Å². The average Bonchev–Trinajstić information content (AvgIpc) is 3.80. The Morgan fingerprint density at radius 2 is 1.70 bits per heavy atom. The van der Waals surface area contributed by atoms with Crippen LogP contribution in [0, 0.1) is 6.92 Å². The van der Waals surface area contributed by atoms with Crippen molar-refractivity contribution in [1.29, 1.82) is 0 Å². The van der Waals surface area contributed by atoms with Crippen LogP contribution in [0.1, 0.15) is 64.9 Å². The Hall–Kier alpha value is -3.04. The molecule has 8 heteroatoms. The van der Waals surface area contributed by atoms with Gasteiger partial charge in [0.2, 0.25) is 5.91 Å². The Bertz CT molecular complexity index is 1520. The van der Waals surface area contributed by atoms with Crippen molar-refractivity contribution in [2.24, 2.45) is 0 Å². The number of aryl methyl sites for hydroxylation is 1. The molecule has 3 heterocycles. The molecule has 1 aliphatic carbocycles. The predicted molar refractivity (Wildman–Crippen MR) is 183 cm³/mol. The first-order valence-corrected chi connectivity index (χ1v) is 17.9. The maximum Gasteiger partial charge on any atom is 0.262 e. The second-order valence-electron chi connectivity index (χ2n) is 12.6. The Balaban J connectivity index is 1.07. The summed E-state index contributed by atoms with van der Waals surface area (Å²) >= 11 is 3.27. The fourth-order valence-corrected chi connectivity index (χ4v) is 8.45. The van der Waals surface area contributed by atoms with E-state index in [1.807, 2.05) is 12.1 Å². The maximum absolute atomic E-state index is 14.0. The second kappa shape index (κ2) is 14.4. The molecular weight excluding hydrogens is 585 g/mol. The van der Waals surface area contributed by atoms with Gasteiger partial charge in [-0.3, -0.25) is 14.5 Å². The molecule has 1 saturated heterocycles. The highest BCUT2D eigenvalue weighted by Gasteiger charge is 2.43. The molecule has 2 amide bonds. The van der Waals surface area contributed by atoms with E-state index in [-0.39, 0.29) is 17.9 Å². The smallest absolute Gasteiger partial charge is 0.262 e. The summed E-state index contributed by atoms with van der Waals surface area (Å²) in [5.74, 6) is -0.165. The van der Waals surface area contributed by atoms with Gasteiger partial charge in [-0.1, -0.05) is 55.3 Å². The summed E-state index contributed by atoms with van der Waals surface area (Å²) in [7, 11) is 0. The first kappa shape index (κ1) is 31.0. The molecule has 4 aromatic rings. The van der Waals surface area contributed by atoms with Crippen molar-refractivity contribution in [1.82, 2.24) is 20.4 Å². The van der Waals surface area contributed by atoms with Crippen LogP contribution in [0.15, 0.2) is 71.4 Å². The van der Waals surface area contributed by atoms with E-state index in [0.717, 1.165) is 81.5 Å². The van der Waals surface area contributed by atoms with Gasteiger partial charge in [0.15, 0.2) is 0 Å². The van der Waals surface area contributed by atoms with Crippen LogP contribution in [0.2, 0.25) is 0 Å². The topological polar surface area (TPSA) is 64.7 Å². The molecule has 6 nitrogen and oxygen atoms in total. The Kier molecular flexibility index (Phi) is 10.1. The predicted octanol–water partition coefficient (Wildman–Crippen LogP) is 6.64. The number of rotatable bonds is 12. The van der Waals surface area contributed by atoms with Crippen LogP contribution >= 0.6 is 22.7 Å². The van der Waals surface area contributed by atoms with E-state index < -0.39 is 5.54 Å². The number of amides is 2. The minimum atomic E-state index is -0.850. The summed E-state index contributed by atoms with van der Waals surface area (Å²) in [6.45, 7) is 8.53. The minimum absolute atomic E-state index is 0.0199. The first-order valence-electron chi connectivity index (χ1n) is 16.1. The molecular formula is C36H44N4O2S2. The van der Waals surface area contributed by atoms with Gasteiger partial charge in [-0.15, -0.1) is 11.3 Å². The molecule has 1 atom stereocenters. The number of carbonyl (C=O) groups is 2. The molecule has 0 unspecified atom stereocenters. The average molecular weight is 629 g/mol. The minimum Gasteiger partial charge on any atom is -0.351 e.